The predicted octanol–water partition coefficient (Wildman–Crippen LogP) is 9.09. The van der Waals surface area contributed by atoms with E-state index in [0.717, 1.165) is 51.8 Å². The highest BCUT2D eigenvalue weighted by molar-refractivity contribution is 5.90. The second kappa shape index (κ2) is 20.7. The van der Waals surface area contributed by atoms with Gasteiger partial charge in [-0.2, -0.15) is 0 Å². The van der Waals surface area contributed by atoms with Crippen LogP contribution in [0.5, 0.6) is 17.2 Å². The molecule has 1 aliphatic carbocycles. The van der Waals surface area contributed by atoms with Crippen LogP contribution in [0.3, 0.4) is 0 Å². The highest BCUT2D eigenvalue weighted by Gasteiger charge is 2.40. The van der Waals surface area contributed by atoms with Crippen molar-refractivity contribution in [1.29, 1.82) is 0 Å². The number of amides is 2. The van der Waals surface area contributed by atoms with E-state index in [-0.39, 0.29) is 37.9 Å². The van der Waals surface area contributed by atoms with Gasteiger partial charge in [0.2, 0.25) is 0 Å². The molecular weight excluding hydrogens is 793 g/mol. The number of methoxy groups -OCH3 is 2. The number of unbranched alkanes of at least 4 members (excludes halogenated alkanes) is 1. The van der Waals surface area contributed by atoms with E-state index in [2.05, 4.69) is 36.6 Å². The number of nitrogens with one attached hydrogen (secondary N) is 1. The lowest BCUT2D eigenvalue weighted by Crippen LogP contribution is -2.51. The minimum absolute atomic E-state index is 0.0377. The largest absolute Gasteiger partial charge is 0.497 e. The van der Waals surface area contributed by atoms with Gasteiger partial charge in [-0.1, -0.05) is 141 Å². The number of carbonyl (C=O) groups is 3. The van der Waals surface area contributed by atoms with Crippen LogP contribution in [0, 0.1) is 0 Å². The average Bonchev–Trinajstić information content (AvgIpc) is 3.66. The number of benzene rings is 6. The second-order valence-electron chi connectivity index (χ2n) is 15.5. The van der Waals surface area contributed by atoms with E-state index >= 15 is 0 Å². The molecule has 0 aliphatic heterocycles. The maximum absolute atomic E-state index is 14.2. The van der Waals surface area contributed by atoms with Crippen LogP contribution in [0.2, 0.25) is 0 Å². The maximum atomic E-state index is 14.2. The van der Waals surface area contributed by atoms with Gasteiger partial charge in [0.05, 0.1) is 32.5 Å². The number of ketones is 1. The van der Waals surface area contributed by atoms with Crippen molar-refractivity contribution >= 4 is 23.5 Å². The van der Waals surface area contributed by atoms with Crippen LogP contribution in [-0.2, 0) is 26.4 Å². The molecule has 0 bridgehead atoms. The molecule has 0 fully saturated rings. The number of nitrogens with two attached hydrogens (primary N) is 1. The lowest BCUT2D eigenvalue weighted by molar-refractivity contribution is -0.126. The highest BCUT2D eigenvalue weighted by Crippen LogP contribution is 2.45. The van der Waals surface area contributed by atoms with Crippen molar-refractivity contribution in [3.05, 3.63) is 179 Å². The molecule has 0 saturated heterocycles. The zero-order valence-electron chi connectivity index (χ0n) is 35.9. The van der Waals surface area contributed by atoms with Gasteiger partial charge in [0.1, 0.15) is 29.4 Å². The summed E-state index contributed by atoms with van der Waals surface area (Å²) < 4.78 is 23.2. The Morgan fingerprint density at radius 2 is 1.33 bits per heavy atom. The third kappa shape index (κ3) is 10.2. The molecule has 3 N–H and O–H groups in total. The van der Waals surface area contributed by atoms with Crippen molar-refractivity contribution in [2.75, 3.05) is 32.3 Å². The van der Waals surface area contributed by atoms with E-state index in [9.17, 15) is 14.4 Å². The van der Waals surface area contributed by atoms with Gasteiger partial charge in [-0.25, -0.2) is 4.79 Å². The van der Waals surface area contributed by atoms with Crippen LogP contribution < -0.4 is 35.7 Å². The third-order valence-electron chi connectivity index (χ3n) is 11.5. The van der Waals surface area contributed by atoms with Crippen molar-refractivity contribution < 1.29 is 33.3 Å². The summed E-state index contributed by atoms with van der Waals surface area (Å²) in [5, 5.41) is 0. The Morgan fingerprint density at radius 3 is 1.92 bits per heavy atom. The smallest absolute Gasteiger partial charge is 0.414 e. The fourth-order valence-corrected chi connectivity index (χ4v) is 8.08. The molecule has 63 heavy (non-hydrogen) atoms. The van der Waals surface area contributed by atoms with Crippen molar-refractivity contribution in [2.45, 2.75) is 56.7 Å². The molecule has 1 aliphatic rings. The van der Waals surface area contributed by atoms with Crippen LogP contribution in [0.15, 0.2) is 152 Å². The summed E-state index contributed by atoms with van der Waals surface area (Å²) in [6, 6.07) is 47.0. The molecule has 0 aromatic heterocycles. The normalized spacial score (nSPS) is 12.4. The number of nitrogens with zero attached hydrogens (tertiary/aromatic N) is 2. The Labute approximate surface area is 369 Å². The van der Waals surface area contributed by atoms with Crippen LogP contribution >= 0.6 is 0 Å². The summed E-state index contributed by atoms with van der Waals surface area (Å²) in [5.41, 5.74) is 19.9. The van der Waals surface area contributed by atoms with E-state index in [1.54, 1.807) is 37.4 Å². The molecule has 2 amide bonds. The Balaban J connectivity index is 1.04. The highest BCUT2D eigenvalue weighted by atomic mass is 16.6. The SMILES string of the molecule is CCCC[C@H](N)C(=O)CC([N]NC(=O)COc1ccc(CN(C(=O)OCC2c3ccccc3-c3ccccc32)c2ccc(OC)cc2OC)cc1)(c1ccccc1)c1ccccc1. The molecule has 6 aromatic rings. The molecule has 0 spiro atoms. The van der Waals surface area contributed by atoms with E-state index < -0.39 is 23.6 Å². The Kier molecular flexibility index (Phi) is 14.5. The summed E-state index contributed by atoms with van der Waals surface area (Å²) in [5.74, 6) is 0.669. The first-order valence-corrected chi connectivity index (χ1v) is 21.2. The molecule has 11 heteroatoms. The fourth-order valence-electron chi connectivity index (χ4n) is 8.08. The van der Waals surface area contributed by atoms with Crippen LogP contribution in [0.4, 0.5) is 10.5 Å². The minimum Gasteiger partial charge on any atom is -0.497 e. The van der Waals surface area contributed by atoms with E-state index in [4.69, 9.17) is 30.1 Å². The number of rotatable bonds is 20. The van der Waals surface area contributed by atoms with Gasteiger partial charge in [0.15, 0.2) is 12.4 Å². The summed E-state index contributed by atoms with van der Waals surface area (Å²) in [6.07, 6.45) is 1.73. The van der Waals surface area contributed by atoms with Gasteiger partial charge >= 0.3 is 6.09 Å². The zero-order chi connectivity index (χ0) is 44.2. The van der Waals surface area contributed by atoms with E-state index in [0.29, 0.717) is 29.4 Å². The van der Waals surface area contributed by atoms with Crippen molar-refractivity contribution in [1.82, 2.24) is 10.9 Å². The van der Waals surface area contributed by atoms with Gasteiger partial charge in [-0.3, -0.25) is 19.9 Å². The Morgan fingerprint density at radius 1 is 0.746 bits per heavy atom. The number of fused-ring (bicyclic) bond motifs is 3. The minimum atomic E-state index is -1.23. The van der Waals surface area contributed by atoms with Gasteiger partial charge < -0.3 is 24.7 Å². The third-order valence-corrected chi connectivity index (χ3v) is 11.5. The summed E-state index contributed by atoms with van der Waals surface area (Å²) in [6.45, 7) is 1.99. The number of carbonyl (C=O) groups excluding carboxylic acids is 3. The van der Waals surface area contributed by atoms with Gasteiger partial charge in [-0.05, 0) is 69.6 Å². The molecule has 1 atom stereocenters. The standard InChI is InChI=1S/C52H53N4O7/c1-4-5-24-46(53)48(57)32-52(37-16-8-6-9-17-37,38-18-10-7-11-19-38)55-54-50(58)35-62-39-27-25-36(26-28-39)33-56(47-30-29-40(60-2)31-49(47)61-3)51(59)63-34-45-43-22-14-12-20-41(43)42-21-13-15-23-44(42)45/h6-23,25-31,45-46H,4-5,24,32-35,53H2,1-3H3,(H,54,58)/t46-/m0/s1. The molecule has 0 saturated carbocycles. The predicted molar refractivity (Wildman–Crippen MR) is 244 cm³/mol. The Hall–Kier alpha value is -6.95. The Bertz CT molecular complexity index is 2390. The van der Waals surface area contributed by atoms with E-state index in [1.807, 2.05) is 97.1 Å². The van der Waals surface area contributed by atoms with Gasteiger partial charge in [-0.15, -0.1) is 5.43 Å². The molecule has 323 valence electrons. The fraction of sp³-hybridized carbons (Fsp3) is 0.250. The van der Waals surface area contributed by atoms with Gasteiger partial charge in [0.25, 0.3) is 5.91 Å². The number of ether oxygens (including phenoxy) is 4. The zero-order valence-corrected chi connectivity index (χ0v) is 35.9. The van der Waals surface area contributed by atoms with Gasteiger partial charge in [0, 0.05) is 18.4 Å². The second-order valence-corrected chi connectivity index (χ2v) is 15.5. The van der Waals surface area contributed by atoms with Crippen molar-refractivity contribution in [3.8, 4) is 28.4 Å². The number of anilines is 1. The lowest BCUT2D eigenvalue weighted by Gasteiger charge is -2.34. The van der Waals surface area contributed by atoms with Crippen molar-refractivity contribution in [2.24, 2.45) is 5.73 Å². The molecular formula is C52H53N4O7. The molecule has 11 nitrogen and oxygen atoms in total. The van der Waals surface area contributed by atoms with Crippen LogP contribution in [-0.4, -0.2) is 51.3 Å². The number of hydrogen-bond donors (Lipinski definition) is 2. The number of hydrogen-bond acceptors (Lipinski definition) is 8. The quantitative estimate of drug-likeness (QED) is 0.0725. The van der Waals surface area contributed by atoms with Crippen LogP contribution in [0.25, 0.3) is 11.1 Å². The first-order valence-electron chi connectivity index (χ1n) is 21.2. The van der Waals surface area contributed by atoms with Crippen LogP contribution in [0.1, 0.15) is 66.3 Å². The first-order chi connectivity index (χ1) is 30.7. The maximum Gasteiger partial charge on any atom is 0.414 e. The lowest BCUT2D eigenvalue weighted by atomic mass is 9.78. The topological polar surface area (TPSA) is 144 Å². The first kappa shape index (κ1) is 44.1. The summed E-state index contributed by atoms with van der Waals surface area (Å²) >= 11 is 0. The van der Waals surface area contributed by atoms with Crippen molar-refractivity contribution in [3.63, 3.8) is 0 Å². The summed E-state index contributed by atoms with van der Waals surface area (Å²) in [7, 11) is 3.11. The molecule has 6 aromatic carbocycles. The number of Topliss-reactive ketones (excluding diaryl/α,β-unsaturated/α-hetero) is 1. The average molecular weight is 846 g/mol. The van der Waals surface area contributed by atoms with E-state index in [1.165, 1.54) is 12.0 Å². The monoisotopic (exact) mass is 845 g/mol. The molecule has 7 rings (SSSR count). The summed E-state index contributed by atoms with van der Waals surface area (Å²) in [4.78, 5) is 42.7. The molecule has 0 unspecified atom stereocenters. The molecule has 0 heterocycles. The molecule has 1 radical (unpaired) electrons.